The van der Waals surface area contributed by atoms with E-state index >= 15 is 0 Å². The summed E-state index contributed by atoms with van der Waals surface area (Å²) in [5, 5.41) is 9.71. The summed E-state index contributed by atoms with van der Waals surface area (Å²) >= 11 is 2.13. The summed E-state index contributed by atoms with van der Waals surface area (Å²) in [6, 6.07) is 0. The smallest absolute Gasteiger partial charge is 0.338 e. The Labute approximate surface area is 84.9 Å². The Morgan fingerprint density at radius 1 is 1.92 bits per heavy atom. The first kappa shape index (κ1) is 9.98. The van der Waals surface area contributed by atoms with Crippen LogP contribution in [0.1, 0.15) is 12.8 Å². The molecule has 1 aliphatic heterocycles. The molecule has 0 saturated carbocycles. The molecule has 0 radical (unpaired) electrons. The minimum Gasteiger partial charge on any atom is -0.459 e. The average molecular weight is 282 g/mol. The van der Waals surface area contributed by atoms with E-state index in [9.17, 15) is 9.90 Å². The van der Waals surface area contributed by atoms with Crippen molar-refractivity contribution in [2.24, 2.45) is 0 Å². The molecule has 4 heteroatoms. The molecule has 0 aliphatic carbocycles. The van der Waals surface area contributed by atoms with E-state index in [0.29, 0.717) is 6.42 Å². The lowest BCUT2D eigenvalue weighted by Crippen LogP contribution is -2.33. The normalized spacial score (nSPS) is 34.8. The third-order valence-electron chi connectivity index (χ3n) is 1.87. The molecular formula is C8H11IO3. The maximum Gasteiger partial charge on any atom is 0.338 e. The van der Waals surface area contributed by atoms with E-state index in [1.165, 1.54) is 6.08 Å². The maximum atomic E-state index is 11.1. The number of carbonyl (C=O) groups excluding carboxylic acids is 1. The van der Waals surface area contributed by atoms with E-state index in [-0.39, 0.29) is 12.5 Å². The van der Waals surface area contributed by atoms with Gasteiger partial charge in [0.15, 0.2) is 5.60 Å². The van der Waals surface area contributed by atoms with Gasteiger partial charge in [-0.05, 0) is 0 Å². The number of halogens is 1. The number of aliphatic hydroxyl groups is 1. The zero-order chi connectivity index (χ0) is 9.19. The van der Waals surface area contributed by atoms with Crippen LogP contribution in [-0.2, 0) is 9.53 Å². The van der Waals surface area contributed by atoms with Gasteiger partial charge in [0.1, 0.15) is 6.10 Å². The van der Waals surface area contributed by atoms with Crippen molar-refractivity contribution < 1.29 is 14.6 Å². The van der Waals surface area contributed by atoms with E-state index in [2.05, 4.69) is 29.2 Å². The van der Waals surface area contributed by atoms with Gasteiger partial charge in [0, 0.05) is 17.3 Å². The number of esters is 1. The first-order valence-corrected chi connectivity index (χ1v) is 5.25. The lowest BCUT2D eigenvalue weighted by atomic mass is 9.96. The molecule has 0 spiro atoms. The average Bonchev–Trinajstić information content (AvgIpc) is 2.29. The van der Waals surface area contributed by atoms with Crippen LogP contribution in [-0.4, -0.2) is 27.2 Å². The van der Waals surface area contributed by atoms with E-state index in [1.807, 2.05) is 0 Å². The van der Waals surface area contributed by atoms with Crippen molar-refractivity contribution in [3.8, 4) is 0 Å². The first-order chi connectivity index (χ1) is 5.62. The highest BCUT2D eigenvalue weighted by atomic mass is 127. The first-order valence-electron chi connectivity index (χ1n) is 3.72. The third-order valence-corrected chi connectivity index (χ3v) is 2.86. The highest BCUT2D eigenvalue weighted by molar-refractivity contribution is 14.1. The quantitative estimate of drug-likeness (QED) is 0.364. The van der Waals surface area contributed by atoms with Crippen molar-refractivity contribution in [3.63, 3.8) is 0 Å². The SMILES string of the molecule is C=CC[C@@]1(O)C[C@@H](CI)OC1=O. The molecule has 68 valence electrons. The van der Waals surface area contributed by atoms with Gasteiger partial charge in [-0.15, -0.1) is 6.58 Å². The van der Waals surface area contributed by atoms with Crippen molar-refractivity contribution in [1.29, 1.82) is 0 Å². The molecule has 1 rings (SSSR count). The van der Waals surface area contributed by atoms with E-state index in [4.69, 9.17) is 4.74 Å². The Morgan fingerprint density at radius 2 is 2.58 bits per heavy atom. The molecule has 1 heterocycles. The monoisotopic (exact) mass is 282 g/mol. The number of rotatable bonds is 3. The second-order valence-electron chi connectivity index (χ2n) is 2.91. The summed E-state index contributed by atoms with van der Waals surface area (Å²) in [4.78, 5) is 11.1. The molecule has 1 aliphatic rings. The fourth-order valence-corrected chi connectivity index (χ4v) is 1.75. The highest BCUT2D eigenvalue weighted by Crippen LogP contribution is 2.29. The van der Waals surface area contributed by atoms with Gasteiger partial charge in [0.25, 0.3) is 0 Å². The Hall–Kier alpha value is -0.100. The van der Waals surface area contributed by atoms with Crippen LogP contribution in [0.25, 0.3) is 0 Å². The number of hydrogen-bond donors (Lipinski definition) is 1. The van der Waals surface area contributed by atoms with Gasteiger partial charge in [0.05, 0.1) is 0 Å². The number of hydrogen-bond acceptors (Lipinski definition) is 3. The third kappa shape index (κ3) is 1.80. The summed E-state index contributed by atoms with van der Waals surface area (Å²) in [6.45, 7) is 3.49. The topological polar surface area (TPSA) is 46.5 Å². The summed E-state index contributed by atoms with van der Waals surface area (Å²) in [5.41, 5.74) is -1.31. The number of ether oxygens (including phenoxy) is 1. The van der Waals surface area contributed by atoms with Crippen LogP contribution >= 0.6 is 22.6 Å². The Balaban J connectivity index is 2.66. The van der Waals surface area contributed by atoms with Crippen molar-refractivity contribution >= 4 is 28.6 Å². The molecule has 1 N–H and O–H groups in total. The molecule has 0 aromatic rings. The molecule has 0 aromatic carbocycles. The second-order valence-corrected chi connectivity index (χ2v) is 3.79. The zero-order valence-electron chi connectivity index (χ0n) is 6.62. The molecule has 0 bridgehead atoms. The molecule has 0 amide bonds. The van der Waals surface area contributed by atoms with Gasteiger partial charge < -0.3 is 9.84 Å². The molecule has 3 nitrogen and oxygen atoms in total. The number of carbonyl (C=O) groups is 1. The van der Waals surface area contributed by atoms with Crippen LogP contribution in [0.2, 0.25) is 0 Å². The maximum absolute atomic E-state index is 11.1. The van der Waals surface area contributed by atoms with Crippen LogP contribution < -0.4 is 0 Å². The Bertz CT molecular complexity index is 204. The lowest BCUT2D eigenvalue weighted by Gasteiger charge is -2.13. The van der Waals surface area contributed by atoms with Gasteiger partial charge in [0.2, 0.25) is 0 Å². The van der Waals surface area contributed by atoms with Crippen LogP contribution in [0, 0.1) is 0 Å². The molecule has 0 aromatic heterocycles. The largest absolute Gasteiger partial charge is 0.459 e. The van der Waals surface area contributed by atoms with E-state index in [1.54, 1.807) is 0 Å². The van der Waals surface area contributed by atoms with Crippen molar-refractivity contribution in [1.82, 2.24) is 0 Å². The van der Waals surface area contributed by atoms with Crippen LogP contribution in [0.15, 0.2) is 12.7 Å². The van der Waals surface area contributed by atoms with E-state index < -0.39 is 11.6 Å². The van der Waals surface area contributed by atoms with Crippen molar-refractivity contribution in [3.05, 3.63) is 12.7 Å². The Kier molecular flexibility index (Phi) is 3.11. The van der Waals surface area contributed by atoms with Crippen LogP contribution in [0.4, 0.5) is 0 Å². The Morgan fingerprint density at radius 3 is 3.00 bits per heavy atom. The minimum atomic E-state index is -1.31. The molecule has 1 fully saturated rings. The minimum absolute atomic E-state index is 0.136. The fourth-order valence-electron chi connectivity index (χ4n) is 1.25. The fraction of sp³-hybridized carbons (Fsp3) is 0.625. The van der Waals surface area contributed by atoms with Crippen molar-refractivity contribution in [2.75, 3.05) is 4.43 Å². The van der Waals surface area contributed by atoms with Gasteiger partial charge in [-0.1, -0.05) is 28.7 Å². The summed E-state index contributed by atoms with van der Waals surface area (Å²) in [7, 11) is 0. The molecule has 1 saturated heterocycles. The molecular weight excluding hydrogens is 271 g/mol. The highest BCUT2D eigenvalue weighted by Gasteiger charge is 2.46. The van der Waals surface area contributed by atoms with Gasteiger partial charge in [-0.2, -0.15) is 0 Å². The predicted octanol–water partition coefficient (Wildman–Crippen LogP) is 1.04. The van der Waals surface area contributed by atoms with Crippen molar-refractivity contribution in [2.45, 2.75) is 24.5 Å². The van der Waals surface area contributed by atoms with Gasteiger partial charge in [-0.3, -0.25) is 0 Å². The predicted molar refractivity (Wildman–Crippen MR) is 53.1 cm³/mol. The molecule has 0 unspecified atom stereocenters. The van der Waals surface area contributed by atoms with Gasteiger partial charge >= 0.3 is 5.97 Å². The summed E-state index contributed by atoms with van der Waals surface area (Å²) < 4.78 is 5.66. The molecule has 12 heavy (non-hydrogen) atoms. The standard InChI is InChI=1S/C8H11IO3/c1-2-3-8(11)4-6(5-9)12-7(8)10/h2,6,11H,1,3-5H2/t6-,8+/m0/s1. The van der Waals surface area contributed by atoms with E-state index in [0.717, 1.165) is 4.43 Å². The summed E-state index contributed by atoms with van der Waals surface area (Å²) in [5.74, 6) is -0.510. The van der Waals surface area contributed by atoms with Gasteiger partial charge in [-0.25, -0.2) is 4.79 Å². The second kappa shape index (κ2) is 3.74. The number of cyclic esters (lactones) is 1. The number of alkyl halides is 1. The molecule has 2 atom stereocenters. The van der Waals surface area contributed by atoms with Crippen LogP contribution in [0.3, 0.4) is 0 Å². The summed E-state index contributed by atoms with van der Waals surface area (Å²) in [6.07, 6.45) is 2.07. The van der Waals surface area contributed by atoms with Crippen LogP contribution in [0.5, 0.6) is 0 Å². The zero-order valence-corrected chi connectivity index (χ0v) is 8.78. The lowest BCUT2D eigenvalue weighted by molar-refractivity contribution is -0.154.